The zero-order valence-corrected chi connectivity index (χ0v) is 14.7. The molecule has 0 spiro atoms. The van der Waals surface area contributed by atoms with Crippen LogP contribution in [0.1, 0.15) is 5.56 Å². The Morgan fingerprint density at radius 3 is 2.56 bits per heavy atom. The summed E-state index contributed by atoms with van der Waals surface area (Å²) in [5.74, 6) is -0.296. The van der Waals surface area contributed by atoms with Gasteiger partial charge in [-0.05, 0) is 31.2 Å². The Kier molecular flexibility index (Phi) is 4.25. The maximum atomic E-state index is 12.7. The number of para-hydroxylation sites is 1. The number of benzene rings is 2. The van der Waals surface area contributed by atoms with Crippen molar-refractivity contribution in [2.24, 2.45) is 0 Å². The third-order valence-corrected chi connectivity index (χ3v) is 4.20. The molecule has 134 valence electrons. The molecule has 1 N–H and O–H groups in total. The van der Waals surface area contributed by atoms with Crippen molar-refractivity contribution in [3.63, 3.8) is 0 Å². The van der Waals surface area contributed by atoms with E-state index in [4.69, 9.17) is 0 Å². The predicted molar refractivity (Wildman–Crippen MR) is 103 cm³/mol. The molecule has 2 aromatic heterocycles. The molecule has 0 saturated heterocycles. The van der Waals surface area contributed by atoms with Crippen LogP contribution in [0.5, 0.6) is 0 Å². The molecule has 27 heavy (non-hydrogen) atoms. The Hall–Kier alpha value is -3.74. The van der Waals surface area contributed by atoms with Gasteiger partial charge in [0.25, 0.3) is 5.56 Å². The van der Waals surface area contributed by atoms with Gasteiger partial charge in [-0.3, -0.25) is 14.2 Å². The van der Waals surface area contributed by atoms with E-state index in [9.17, 15) is 9.59 Å². The standard InChI is InChI=1S/C20H17N5O2/c1-14-7-9-16(10-8-14)25-19-17(11-22-25)20(27)24(13-21-19)12-18(26)23-15-5-3-2-4-6-15/h2-11,13H,12H2,1H3,(H,23,26). The van der Waals surface area contributed by atoms with Crippen LogP contribution >= 0.6 is 0 Å². The molecule has 0 saturated carbocycles. The van der Waals surface area contributed by atoms with Crippen LogP contribution in [-0.4, -0.2) is 25.2 Å². The summed E-state index contributed by atoms with van der Waals surface area (Å²) in [5, 5.41) is 7.41. The summed E-state index contributed by atoms with van der Waals surface area (Å²) in [4.78, 5) is 29.3. The third-order valence-electron chi connectivity index (χ3n) is 4.20. The number of rotatable bonds is 4. The average molecular weight is 359 g/mol. The van der Waals surface area contributed by atoms with Crippen LogP contribution in [0.25, 0.3) is 16.7 Å². The van der Waals surface area contributed by atoms with E-state index < -0.39 is 0 Å². The molecule has 4 aromatic rings. The van der Waals surface area contributed by atoms with Crippen molar-refractivity contribution in [3.8, 4) is 5.69 Å². The summed E-state index contributed by atoms with van der Waals surface area (Å²) in [6.07, 6.45) is 2.86. The van der Waals surface area contributed by atoms with Gasteiger partial charge in [-0.2, -0.15) is 5.10 Å². The van der Waals surface area contributed by atoms with Gasteiger partial charge in [0.15, 0.2) is 5.65 Å². The summed E-state index contributed by atoms with van der Waals surface area (Å²) >= 11 is 0. The van der Waals surface area contributed by atoms with Crippen LogP contribution < -0.4 is 10.9 Å². The smallest absolute Gasteiger partial charge is 0.264 e. The van der Waals surface area contributed by atoms with E-state index in [1.54, 1.807) is 16.8 Å². The van der Waals surface area contributed by atoms with Gasteiger partial charge >= 0.3 is 0 Å². The number of hydrogen-bond acceptors (Lipinski definition) is 4. The topological polar surface area (TPSA) is 81.8 Å². The Labute approximate surface area is 154 Å². The van der Waals surface area contributed by atoms with Gasteiger partial charge in [-0.15, -0.1) is 0 Å². The Balaban J connectivity index is 1.62. The Morgan fingerprint density at radius 2 is 1.81 bits per heavy atom. The quantitative estimate of drug-likeness (QED) is 0.607. The first-order valence-electron chi connectivity index (χ1n) is 8.47. The molecule has 2 aromatic carbocycles. The molecule has 0 bridgehead atoms. The summed E-state index contributed by atoms with van der Waals surface area (Å²) < 4.78 is 2.90. The number of hydrogen-bond donors (Lipinski definition) is 1. The number of carbonyl (C=O) groups is 1. The van der Waals surface area contributed by atoms with E-state index in [-0.39, 0.29) is 18.0 Å². The van der Waals surface area contributed by atoms with Crippen LogP contribution in [0, 0.1) is 6.92 Å². The second-order valence-corrected chi connectivity index (χ2v) is 6.22. The highest BCUT2D eigenvalue weighted by Crippen LogP contribution is 2.14. The Bertz CT molecular complexity index is 1160. The second-order valence-electron chi connectivity index (χ2n) is 6.22. The van der Waals surface area contributed by atoms with Crippen molar-refractivity contribution in [2.45, 2.75) is 13.5 Å². The fraction of sp³-hybridized carbons (Fsp3) is 0.100. The molecule has 0 radical (unpaired) electrons. The summed E-state index contributed by atoms with van der Waals surface area (Å²) in [5.41, 5.74) is 2.79. The SMILES string of the molecule is Cc1ccc(-n2ncc3c(=O)n(CC(=O)Nc4ccccc4)cnc32)cc1. The normalized spacial score (nSPS) is 10.9. The highest BCUT2D eigenvalue weighted by molar-refractivity contribution is 5.90. The number of anilines is 1. The minimum atomic E-state index is -0.304. The fourth-order valence-electron chi connectivity index (χ4n) is 2.81. The van der Waals surface area contributed by atoms with Crippen LogP contribution in [0.15, 0.2) is 71.9 Å². The number of aromatic nitrogens is 4. The highest BCUT2D eigenvalue weighted by atomic mass is 16.2. The van der Waals surface area contributed by atoms with Crippen molar-refractivity contribution in [3.05, 3.63) is 83.0 Å². The summed E-state index contributed by atoms with van der Waals surface area (Å²) in [6, 6.07) is 16.9. The maximum Gasteiger partial charge on any atom is 0.264 e. The number of carbonyl (C=O) groups excluding carboxylic acids is 1. The van der Waals surface area contributed by atoms with Gasteiger partial charge in [0.2, 0.25) is 5.91 Å². The van der Waals surface area contributed by atoms with E-state index in [0.29, 0.717) is 16.7 Å². The lowest BCUT2D eigenvalue weighted by Crippen LogP contribution is -2.27. The second kappa shape index (κ2) is 6.87. The minimum Gasteiger partial charge on any atom is -0.325 e. The van der Waals surface area contributed by atoms with Gasteiger partial charge in [0.05, 0.1) is 11.9 Å². The number of aryl methyl sites for hydroxylation is 1. The molecule has 0 aliphatic carbocycles. The van der Waals surface area contributed by atoms with Gasteiger partial charge in [0, 0.05) is 5.69 Å². The first kappa shape index (κ1) is 16.7. The van der Waals surface area contributed by atoms with Crippen LogP contribution in [0.2, 0.25) is 0 Å². The zero-order valence-electron chi connectivity index (χ0n) is 14.7. The molecular weight excluding hydrogens is 342 g/mol. The van der Waals surface area contributed by atoms with Crippen molar-refractivity contribution < 1.29 is 4.79 Å². The highest BCUT2D eigenvalue weighted by Gasteiger charge is 2.13. The van der Waals surface area contributed by atoms with E-state index in [1.165, 1.54) is 17.1 Å². The minimum absolute atomic E-state index is 0.119. The van der Waals surface area contributed by atoms with Crippen molar-refractivity contribution in [2.75, 3.05) is 5.32 Å². The van der Waals surface area contributed by atoms with Crippen LogP contribution in [0.4, 0.5) is 5.69 Å². The number of nitrogens with one attached hydrogen (secondary N) is 1. The molecule has 0 fully saturated rings. The van der Waals surface area contributed by atoms with Gasteiger partial charge in [-0.25, -0.2) is 9.67 Å². The maximum absolute atomic E-state index is 12.7. The molecule has 4 rings (SSSR count). The van der Waals surface area contributed by atoms with E-state index in [0.717, 1.165) is 11.3 Å². The molecule has 0 aliphatic heterocycles. The lowest BCUT2D eigenvalue weighted by Gasteiger charge is -2.07. The largest absolute Gasteiger partial charge is 0.325 e. The third kappa shape index (κ3) is 3.35. The molecular formula is C20H17N5O2. The van der Waals surface area contributed by atoms with Crippen LogP contribution in [-0.2, 0) is 11.3 Å². The van der Waals surface area contributed by atoms with Crippen molar-refractivity contribution in [1.29, 1.82) is 0 Å². The number of fused-ring (bicyclic) bond motifs is 1. The molecule has 1 amide bonds. The number of nitrogens with zero attached hydrogens (tertiary/aromatic N) is 4. The average Bonchev–Trinajstić information content (AvgIpc) is 3.10. The van der Waals surface area contributed by atoms with Crippen molar-refractivity contribution >= 4 is 22.6 Å². The van der Waals surface area contributed by atoms with E-state index in [1.807, 2.05) is 49.4 Å². The summed E-state index contributed by atoms with van der Waals surface area (Å²) in [7, 11) is 0. The summed E-state index contributed by atoms with van der Waals surface area (Å²) in [6.45, 7) is 1.88. The molecule has 7 nitrogen and oxygen atoms in total. The van der Waals surface area contributed by atoms with E-state index >= 15 is 0 Å². The van der Waals surface area contributed by atoms with Crippen molar-refractivity contribution in [1.82, 2.24) is 19.3 Å². The van der Waals surface area contributed by atoms with Gasteiger partial charge < -0.3 is 5.32 Å². The lowest BCUT2D eigenvalue weighted by molar-refractivity contribution is -0.116. The molecule has 0 aliphatic rings. The van der Waals surface area contributed by atoms with Gasteiger partial charge in [-0.1, -0.05) is 35.9 Å². The van der Waals surface area contributed by atoms with Crippen LogP contribution in [0.3, 0.4) is 0 Å². The predicted octanol–water partition coefficient (Wildman–Crippen LogP) is 2.53. The first-order chi connectivity index (χ1) is 13.1. The molecule has 2 heterocycles. The fourth-order valence-corrected chi connectivity index (χ4v) is 2.81. The first-order valence-corrected chi connectivity index (χ1v) is 8.47. The van der Waals surface area contributed by atoms with E-state index in [2.05, 4.69) is 15.4 Å². The molecule has 0 unspecified atom stereocenters. The van der Waals surface area contributed by atoms with Gasteiger partial charge in [0.1, 0.15) is 18.3 Å². The number of amides is 1. The lowest BCUT2D eigenvalue weighted by atomic mass is 10.2. The Morgan fingerprint density at radius 1 is 1.07 bits per heavy atom. The monoisotopic (exact) mass is 359 g/mol. The zero-order chi connectivity index (χ0) is 18.8. The molecule has 0 atom stereocenters. The molecule has 7 heteroatoms.